The summed E-state index contributed by atoms with van der Waals surface area (Å²) >= 11 is 0. The van der Waals surface area contributed by atoms with E-state index in [1.807, 2.05) is 0 Å². The lowest BCUT2D eigenvalue weighted by Gasteiger charge is -2.39. The van der Waals surface area contributed by atoms with Crippen LogP contribution in [-0.2, 0) is 0 Å². The van der Waals surface area contributed by atoms with Gasteiger partial charge in [0.15, 0.2) is 0 Å². The van der Waals surface area contributed by atoms with E-state index in [2.05, 4.69) is 25.8 Å². The molecule has 2 N–H and O–H groups in total. The van der Waals surface area contributed by atoms with Gasteiger partial charge in [-0.05, 0) is 25.8 Å². The van der Waals surface area contributed by atoms with E-state index in [-0.39, 0.29) is 0 Å². The molecule has 1 rings (SSSR count). The molecule has 1 saturated heterocycles. The van der Waals surface area contributed by atoms with E-state index in [4.69, 9.17) is 5.73 Å². The van der Waals surface area contributed by atoms with Crippen molar-refractivity contribution in [3.63, 3.8) is 0 Å². The summed E-state index contributed by atoms with van der Waals surface area (Å²) < 4.78 is 0. The fourth-order valence-electron chi connectivity index (χ4n) is 2.19. The number of piperidine rings is 1. The molecular weight excluding hydrogens is 148 g/mol. The van der Waals surface area contributed by atoms with Gasteiger partial charge in [-0.15, -0.1) is 0 Å². The van der Waals surface area contributed by atoms with Crippen LogP contribution in [0.15, 0.2) is 0 Å². The number of likely N-dealkylation sites (tertiary alicyclic amines) is 1. The third-order valence-corrected chi connectivity index (χ3v) is 3.22. The molecule has 12 heavy (non-hydrogen) atoms. The van der Waals surface area contributed by atoms with E-state index in [0.717, 1.165) is 18.5 Å². The van der Waals surface area contributed by atoms with Crippen LogP contribution in [0.3, 0.4) is 0 Å². The Morgan fingerprint density at radius 1 is 1.50 bits per heavy atom. The molecule has 2 heteroatoms. The minimum absolute atomic E-state index is 0.412. The van der Waals surface area contributed by atoms with Crippen LogP contribution in [-0.4, -0.2) is 30.6 Å². The van der Waals surface area contributed by atoms with Gasteiger partial charge < -0.3 is 10.6 Å². The van der Waals surface area contributed by atoms with Gasteiger partial charge in [-0.3, -0.25) is 0 Å². The van der Waals surface area contributed by atoms with Crippen LogP contribution in [0.25, 0.3) is 0 Å². The lowest BCUT2D eigenvalue weighted by atomic mass is 9.89. The summed E-state index contributed by atoms with van der Waals surface area (Å²) in [6.07, 6.45) is 3.77. The molecule has 1 heterocycles. The average Bonchev–Trinajstić information content (AvgIpc) is 2.03. The molecule has 0 bridgehead atoms. The van der Waals surface area contributed by atoms with Crippen LogP contribution >= 0.6 is 0 Å². The Morgan fingerprint density at radius 3 is 2.67 bits per heavy atom. The SMILES string of the molecule is CCC(C)C1CCC(N)CN1C. The predicted octanol–water partition coefficient (Wildman–Crippen LogP) is 1.45. The smallest absolute Gasteiger partial charge is 0.0168 e. The Kier molecular flexibility index (Phi) is 3.53. The third-order valence-electron chi connectivity index (χ3n) is 3.22. The van der Waals surface area contributed by atoms with Crippen LogP contribution in [0.5, 0.6) is 0 Å². The summed E-state index contributed by atoms with van der Waals surface area (Å²) in [7, 11) is 2.20. The Balaban J connectivity index is 2.44. The Hall–Kier alpha value is -0.0800. The van der Waals surface area contributed by atoms with Crippen LogP contribution in [0.4, 0.5) is 0 Å². The lowest BCUT2D eigenvalue weighted by Crippen LogP contribution is -2.48. The molecular formula is C10H22N2. The summed E-state index contributed by atoms with van der Waals surface area (Å²) in [5.41, 5.74) is 5.89. The van der Waals surface area contributed by atoms with Gasteiger partial charge in [-0.25, -0.2) is 0 Å². The minimum atomic E-state index is 0.412. The van der Waals surface area contributed by atoms with Crippen molar-refractivity contribution < 1.29 is 0 Å². The second-order valence-corrected chi connectivity index (χ2v) is 4.23. The average molecular weight is 170 g/mol. The molecule has 0 aromatic rings. The standard InChI is InChI=1S/C10H22N2/c1-4-8(2)10-6-5-9(11)7-12(10)3/h8-10H,4-7,11H2,1-3H3. The molecule has 1 aliphatic rings. The van der Waals surface area contributed by atoms with E-state index in [1.54, 1.807) is 0 Å². The molecule has 0 amide bonds. The van der Waals surface area contributed by atoms with Gasteiger partial charge in [-0.2, -0.15) is 0 Å². The quantitative estimate of drug-likeness (QED) is 0.679. The van der Waals surface area contributed by atoms with Gasteiger partial charge >= 0.3 is 0 Å². The van der Waals surface area contributed by atoms with E-state index in [1.165, 1.54) is 19.3 Å². The monoisotopic (exact) mass is 170 g/mol. The summed E-state index contributed by atoms with van der Waals surface area (Å²) in [5.74, 6) is 0.822. The summed E-state index contributed by atoms with van der Waals surface area (Å²) in [6, 6.07) is 1.19. The normalized spacial score (nSPS) is 35.0. The van der Waals surface area contributed by atoms with Crippen LogP contribution in [0.2, 0.25) is 0 Å². The first-order valence-corrected chi connectivity index (χ1v) is 5.11. The molecule has 3 atom stereocenters. The van der Waals surface area contributed by atoms with Crippen molar-refractivity contribution in [2.45, 2.75) is 45.2 Å². The summed E-state index contributed by atoms with van der Waals surface area (Å²) in [5, 5.41) is 0. The highest BCUT2D eigenvalue weighted by Gasteiger charge is 2.26. The highest BCUT2D eigenvalue weighted by molar-refractivity contribution is 4.83. The minimum Gasteiger partial charge on any atom is -0.327 e. The number of nitrogens with zero attached hydrogens (tertiary/aromatic N) is 1. The summed E-state index contributed by atoms with van der Waals surface area (Å²) in [4.78, 5) is 2.43. The molecule has 1 fully saturated rings. The molecule has 2 nitrogen and oxygen atoms in total. The highest BCUT2D eigenvalue weighted by Crippen LogP contribution is 2.22. The Labute approximate surface area is 76.1 Å². The highest BCUT2D eigenvalue weighted by atomic mass is 15.2. The molecule has 1 aliphatic heterocycles. The van der Waals surface area contributed by atoms with Gasteiger partial charge in [-0.1, -0.05) is 20.3 Å². The van der Waals surface area contributed by atoms with Crippen molar-refractivity contribution in [2.24, 2.45) is 11.7 Å². The Morgan fingerprint density at radius 2 is 2.17 bits per heavy atom. The predicted molar refractivity (Wildman–Crippen MR) is 53.1 cm³/mol. The largest absolute Gasteiger partial charge is 0.327 e. The van der Waals surface area contributed by atoms with Gasteiger partial charge in [0.1, 0.15) is 0 Å². The zero-order valence-electron chi connectivity index (χ0n) is 8.59. The second-order valence-electron chi connectivity index (χ2n) is 4.23. The van der Waals surface area contributed by atoms with E-state index >= 15 is 0 Å². The van der Waals surface area contributed by atoms with E-state index < -0.39 is 0 Å². The van der Waals surface area contributed by atoms with Crippen molar-refractivity contribution in [1.29, 1.82) is 0 Å². The lowest BCUT2D eigenvalue weighted by molar-refractivity contribution is 0.121. The number of nitrogens with two attached hydrogens (primary N) is 1. The maximum atomic E-state index is 5.89. The van der Waals surface area contributed by atoms with E-state index in [9.17, 15) is 0 Å². The number of hydrogen-bond acceptors (Lipinski definition) is 2. The van der Waals surface area contributed by atoms with Crippen LogP contribution in [0.1, 0.15) is 33.1 Å². The molecule has 3 unspecified atom stereocenters. The molecule has 0 saturated carbocycles. The van der Waals surface area contributed by atoms with Gasteiger partial charge in [0.25, 0.3) is 0 Å². The molecule has 72 valence electrons. The number of likely N-dealkylation sites (N-methyl/N-ethyl adjacent to an activating group) is 1. The van der Waals surface area contributed by atoms with Crippen molar-refractivity contribution in [2.75, 3.05) is 13.6 Å². The van der Waals surface area contributed by atoms with Gasteiger partial charge in [0, 0.05) is 18.6 Å². The number of hydrogen-bond donors (Lipinski definition) is 1. The number of rotatable bonds is 2. The van der Waals surface area contributed by atoms with Crippen molar-refractivity contribution in [3.8, 4) is 0 Å². The molecule has 0 radical (unpaired) electrons. The molecule has 0 aromatic heterocycles. The first-order chi connectivity index (χ1) is 5.65. The second kappa shape index (κ2) is 4.24. The zero-order valence-corrected chi connectivity index (χ0v) is 8.59. The molecule has 0 spiro atoms. The third kappa shape index (κ3) is 2.20. The zero-order chi connectivity index (χ0) is 9.14. The maximum Gasteiger partial charge on any atom is 0.0168 e. The van der Waals surface area contributed by atoms with Crippen LogP contribution in [0, 0.1) is 5.92 Å². The fourth-order valence-corrected chi connectivity index (χ4v) is 2.19. The van der Waals surface area contributed by atoms with Crippen molar-refractivity contribution in [1.82, 2.24) is 4.90 Å². The fraction of sp³-hybridized carbons (Fsp3) is 1.00. The van der Waals surface area contributed by atoms with Gasteiger partial charge in [0.05, 0.1) is 0 Å². The molecule has 0 aliphatic carbocycles. The van der Waals surface area contributed by atoms with Crippen molar-refractivity contribution in [3.05, 3.63) is 0 Å². The Bertz CT molecular complexity index is 136. The molecule has 0 aromatic carbocycles. The topological polar surface area (TPSA) is 29.3 Å². The van der Waals surface area contributed by atoms with Crippen LogP contribution < -0.4 is 5.73 Å². The van der Waals surface area contributed by atoms with Crippen molar-refractivity contribution >= 4 is 0 Å². The first-order valence-electron chi connectivity index (χ1n) is 5.11. The van der Waals surface area contributed by atoms with Gasteiger partial charge in [0.2, 0.25) is 0 Å². The maximum absolute atomic E-state index is 5.89. The summed E-state index contributed by atoms with van der Waals surface area (Å²) in [6.45, 7) is 5.69. The van der Waals surface area contributed by atoms with E-state index in [0.29, 0.717) is 6.04 Å². The first kappa shape index (κ1) is 10.0.